The number of nitrogens with two attached hydrogens (primary N) is 1. The molecule has 0 saturated heterocycles. The average molecular weight is 208 g/mol. The van der Waals surface area contributed by atoms with E-state index in [9.17, 15) is 13.2 Å². The highest BCUT2D eigenvalue weighted by molar-refractivity contribution is 7.90. The average Bonchev–Trinajstić information content (AvgIpc) is 1.96. The van der Waals surface area contributed by atoms with Crippen LogP contribution in [0.25, 0.3) is 0 Å². The predicted octanol–water partition coefficient (Wildman–Crippen LogP) is -0.564. The van der Waals surface area contributed by atoms with Gasteiger partial charge in [-0.15, -0.1) is 0 Å². The highest BCUT2D eigenvalue weighted by Gasteiger charge is 2.23. The first kappa shape index (κ1) is 12.4. The lowest BCUT2D eigenvalue weighted by Gasteiger charge is -2.11. The monoisotopic (exact) mass is 208 g/mol. The molecule has 78 valence electrons. The van der Waals surface area contributed by atoms with Crippen molar-refractivity contribution in [2.45, 2.75) is 26.0 Å². The summed E-state index contributed by atoms with van der Waals surface area (Å²) >= 11 is 0. The molecular weight excluding hydrogens is 192 g/mol. The van der Waals surface area contributed by atoms with Gasteiger partial charge in [-0.05, 0) is 12.8 Å². The summed E-state index contributed by atoms with van der Waals surface area (Å²) in [5.41, 5.74) is 0. The SMILES string of the molecule is CC(C)CNC(=O)C(C)S(N)(=O)=O. The van der Waals surface area contributed by atoms with Gasteiger partial charge in [0.25, 0.3) is 0 Å². The number of primary sulfonamides is 1. The molecule has 0 aromatic rings. The van der Waals surface area contributed by atoms with Gasteiger partial charge in [-0.3, -0.25) is 4.79 Å². The van der Waals surface area contributed by atoms with Crippen LogP contribution in [0.2, 0.25) is 0 Å². The van der Waals surface area contributed by atoms with Crippen LogP contribution in [0.1, 0.15) is 20.8 Å². The number of hydrogen-bond acceptors (Lipinski definition) is 3. The van der Waals surface area contributed by atoms with Crippen molar-refractivity contribution in [1.29, 1.82) is 0 Å². The second kappa shape index (κ2) is 4.57. The summed E-state index contributed by atoms with van der Waals surface area (Å²) in [5.74, 6) is -0.257. The fourth-order valence-corrected chi connectivity index (χ4v) is 0.979. The van der Waals surface area contributed by atoms with Crippen molar-refractivity contribution < 1.29 is 13.2 Å². The fraction of sp³-hybridized carbons (Fsp3) is 0.857. The van der Waals surface area contributed by atoms with E-state index in [0.717, 1.165) is 0 Å². The molecule has 0 aliphatic carbocycles. The summed E-state index contributed by atoms with van der Waals surface area (Å²) in [6, 6.07) is 0. The lowest BCUT2D eigenvalue weighted by Crippen LogP contribution is -2.42. The first-order valence-electron chi connectivity index (χ1n) is 4.04. The molecule has 5 nitrogen and oxygen atoms in total. The molecule has 13 heavy (non-hydrogen) atoms. The second-order valence-corrected chi connectivity index (χ2v) is 5.26. The summed E-state index contributed by atoms with van der Waals surface area (Å²) in [6.45, 7) is 5.56. The van der Waals surface area contributed by atoms with Crippen LogP contribution in [0.3, 0.4) is 0 Å². The largest absolute Gasteiger partial charge is 0.355 e. The van der Waals surface area contributed by atoms with E-state index in [0.29, 0.717) is 6.54 Å². The van der Waals surface area contributed by atoms with Crippen molar-refractivity contribution in [3.63, 3.8) is 0 Å². The van der Waals surface area contributed by atoms with E-state index < -0.39 is 21.2 Å². The third kappa shape index (κ3) is 4.84. The quantitative estimate of drug-likeness (QED) is 0.648. The number of nitrogens with one attached hydrogen (secondary N) is 1. The summed E-state index contributed by atoms with van der Waals surface area (Å²) in [5, 5.41) is 6.11. The smallest absolute Gasteiger partial charge is 0.239 e. The first-order valence-corrected chi connectivity index (χ1v) is 5.65. The van der Waals surface area contributed by atoms with Gasteiger partial charge >= 0.3 is 0 Å². The van der Waals surface area contributed by atoms with Gasteiger partial charge in [0.1, 0.15) is 0 Å². The molecule has 1 unspecified atom stereocenters. The molecule has 0 aromatic heterocycles. The lowest BCUT2D eigenvalue weighted by molar-refractivity contribution is -0.120. The van der Waals surface area contributed by atoms with Crippen molar-refractivity contribution in [3.8, 4) is 0 Å². The lowest BCUT2D eigenvalue weighted by atomic mass is 10.2. The fourth-order valence-electron chi connectivity index (χ4n) is 0.598. The Bertz CT molecular complexity index is 271. The van der Waals surface area contributed by atoms with Crippen molar-refractivity contribution in [2.24, 2.45) is 11.1 Å². The van der Waals surface area contributed by atoms with E-state index in [-0.39, 0.29) is 5.92 Å². The number of hydrogen-bond donors (Lipinski definition) is 2. The number of rotatable bonds is 4. The Kier molecular flexibility index (Phi) is 4.35. The third-order valence-electron chi connectivity index (χ3n) is 1.55. The van der Waals surface area contributed by atoms with Crippen LogP contribution < -0.4 is 10.5 Å². The minimum Gasteiger partial charge on any atom is -0.355 e. The van der Waals surface area contributed by atoms with Gasteiger partial charge < -0.3 is 5.32 Å². The molecule has 1 amide bonds. The van der Waals surface area contributed by atoms with E-state index in [2.05, 4.69) is 5.32 Å². The molecule has 0 fully saturated rings. The highest BCUT2D eigenvalue weighted by atomic mass is 32.2. The molecule has 1 atom stereocenters. The summed E-state index contributed by atoms with van der Waals surface area (Å²) < 4.78 is 21.5. The van der Waals surface area contributed by atoms with Crippen LogP contribution in [0, 0.1) is 5.92 Å². The van der Waals surface area contributed by atoms with Crippen LogP contribution in [0.4, 0.5) is 0 Å². The zero-order chi connectivity index (χ0) is 10.6. The maximum atomic E-state index is 11.1. The van der Waals surface area contributed by atoms with Crippen molar-refractivity contribution >= 4 is 15.9 Å². The molecule has 0 aromatic carbocycles. The van der Waals surface area contributed by atoms with Crippen LogP contribution in [-0.2, 0) is 14.8 Å². The number of carbonyl (C=O) groups excluding carboxylic acids is 1. The van der Waals surface area contributed by atoms with Crippen LogP contribution >= 0.6 is 0 Å². The molecule has 3 N–H and O–H groups in total. The zero-order valence-electron chi connectivity index (χ0n) is 8.07. The van der Waals surface area contributed by atoms with Crippen LogP contribution in [0.5, 0.6) is 0 Å². The molecule has 6 heteroatoms. The molecule has 0 heterocycles. The molecule has 0 spiro atoms. The zero-order valence-corrected chi connectivity index (χ0v) is 8.89. The van der Waals surface area contributed by atoms with E-state index >= 15 is 0 Å². The minimum atomic E-state index is -3.76. The minimum absolute atomic E-state index is 0.289. The molecule has 0 aliphatic rings. The topological polar surface area (TPSA) is 89.3 Å². The number of carbonyl (C=O) groups is 1. The van der Waals surface area contributed by atoms with Crippen molar-refractivity contribution in [2.75, 3.05) is 6.54 Å². The van der Waals surface area contributed by atoms with Gasteiger partial charge in [0.2, 0.25) is 15.9 Å². The van der Waals surface area contributed by atoms with Crippen LogP contribution in [0.15, 0.2) is 0 Å². The van der Waals surface area contributed by atoms with Gasteiger partial charge in [0.15, 0.2) is 5.25 Å². The van der Waals surface area contributed by atoms with Gasteiger partial charge in [-0.1, -0.05) is 13.8 Å². The van der Waals surface area contributed by atoms with Crippen LogP contribution in [-0.4, -0.2) is 26.1 Å². The third-order valence-corrected chi connectivity index (χ3v) is 2.75. The first-order chi connectivity index (χ1) is 5.75. The summed E-state index contributed by atoms with van der Waals surface area (Å²) in [7, 11) is -3.76. The Labute approximate surface area is 78.7 Å². The van der Waals surface area contributed by atoms with Gasteiger partial charge in [0.05, 0.1) is 0 Å². The Balaban J connectivity index is 4.14. The Morgan fingerprint density at radius 1 is 1.38 bits per heavy atom. The normalized spacial score (nSPS) is 14.2. The molecule has 0 bridgehead atoms. The Morgan fingerprint density at radius 3 is 2.15 bits per heavy atom. The predicted molar refractivity (Wildman–Crippen MR) is 50.4 cm³/mol. The van der Waals surface area contributed by atoms with Gasteiger partial charge in [0, 0.05) is 6.54 Å². The Morgan fingerprint density at radius 2 is 1.85 bits per heavy atom. The Hall–Kier alpha value is -0.620. The van der Waals surface area contributed by atoms with Crippen molar-refractivity contribution in [1.82, 2.24) is 5.32 Å². The van der Waals surface area contributed by atoms with Gasteiger partial charge in [-0.2, -0.15) is 0 Å². The maximum absolute atomic E-state index is 11.1. The van der Waals surface area contributed by atoms with Gasteiger partial charge in [-0.25, -0.2) is 13.6 Å². The summed E-state index contributed by atoms with van der Waals surface area (Å²) in [6.07, 6.45) is 0. The number of sulfonamides is 1. The molecule has 0 rings (SSSR count). The van der Waals surface area contributed by atoms with E-state index in [4.69, 9.17) is 5.14 Å². The standard InChI is InChI=1S/C7H16N2O3S/c1-5(2)4-9-7(10)6(3)13(8,11)12/h5-6H,4H2,1-3H3,(H,9,10)(H2,8,11,12). The molecular formula is C7H16N2O3S. The molecule has 0 aliphatic heterocycles. The van der Waals surface area contributed by atoms with E-state index in [1.54, 1.807) is 0 Å². The number of amides is 1. The van der Waals surface area contributed by atoms with E-state index in [1.807, 2.05) is 13.8 Å². The highest BCUT2D eigenvalue weighted by Crippen LogP contribution is 1.95. The van der Waals surface area contributed by atoms with Crippen molar-refractivity contribution in [3.05, 3.63) is 0 Å². The molecule has 0 radical (unpaired) electrons. The van der Waals surface area contributed by atoms with E-state index in [1.165, 1.54) is 6.92 Å². The second-order valence-electron chi connectivity index (χ2n) is 3.37. The molecule has 0 saturated carbocycles. The summed E-state index contributed by atoms with van der Waals surface area (Å²) in [4.78, 5) is 11.1. The maximum Gasteiger partial charge on any atom is 0.239 e.